The van der Waals surface area contributed by atoms with Gasteiger partial charge in [0, 0.05) is 25.8 Å². The summed E-state index contributed by atoms with van der Waals surface area (Å²) in [6.45, 7) is 2.27. The van der Waals surface area contributed by atoms with Gasteiger partial charge in [-0.25, -0.2) is 4.98 Å². The monoisotopic (exact) mass is 353 g/mol. The van der Waals surface area contributed by atoms with E-state index in [1.165, 1.54) is 0 Å². The minimum atomic E-state index is -0.185. The van der Waals surface area contributed by atoms with Crippen molar-refractivity contribution in [3.05, 3.63) is 48.4 Å². The summed E-state index contributed by atoms with van der Waals surface area (Å²) in [6, 6.07) is 7.56. The molecule has 5 rings (SSSR count). The average molecular weight is 353 g/mol. The second-order valence-corrected chi connectivity index (χ2v) is 7.49. The Labute approximate surface area is 153 Å². The number of hydrogen-bond acceptors (Lipinski definition) is 5. The summed E-state index contributed by atoms with van der Waals surface area (Å²) < 4.78 is 11.3. The van der Waals surface area contributed by atoms with Crippen molar-refractivity contribution in [3.63, 3.8) is 0 Å². The van der Waals surface area contributed by atoms with Crippen LogP contribution in [-0.4, -0.2) is 35.2 Å². The van der Waals surface area contributed by atoms with E-state index in [9.17, 15) is 4.79 Å². The van der Waals surface area contributed by atoms with Crippen LogP contribution >= 0.6 is 0 Å². The van der Waals surface area contributed by atoms with Crippen LogP contribution in [0.3, 0.4) is 0 Å². The molecule has 4 heterocycles. The van der Waals surface area contributed by atoms with Crippen molar-refractivity contribution in [3.8, 4) is 5.88 Å². The van der Waals surface area contributed by atoms with Crippen LogP contribution in [-0.2, 0) is 9.53 Å². The number of aromatic nitrogens is 2. The van der Waals surface area contributed by atoms with Gasteiger partial charge in [0.25, 0.3) is 0 Å². The minimum Gasteiger partial charge on any atom is -0.481 e. The molecule has 6 heteroatoms. The highest BCUT2D eigenvalue weighted by molar-refractivity contribution is 5.94. The molecule has 0 aromatic carbocycles. The van der Waals surface area contributed by atoms with E-state index in [4.69, 9.17) is 9.47 Å². The number of carbonyl (C=O) groups excluding carboxylic acids is 1. The maximum absolute atomic E-state index is 13.1. The van der Waals surface area contributed by atoms with Crippen LogP contribution in [0.15, 0.2) is 42.9 Å². The lowest BCUT2D eigenvalue weighted by Gasteiger charge is -2.27. The molecular weight excluding hydrogens is 330 g/mol. The van der Waals surface area contributed by atoms with E-state index in [0.29, 0.717) is 29.3 Å². The Kier molecular flexibility index (Phi) is 3.50. The number of nitrogens with zero attached hydrogens (tertiary/aromatic N) is 2. The van der Waals surface area contributed by atoms with Crippen LogP contribution in [0.4, 0.5) is 5.69 Å². The largest absolute Gasteiger partial charge is 0.481 e. The summed E-state index contributed by atoms with van der Waals surface area (Å²) in [5.41, 5.74) is 1.81. The van der Waals surface area contributed by atoms with Crippen LogP contribution in [0.2, 0.25) is 0 Å². The smallest absolute Gasteiger partial charge is 0.230 e. The normalized spacial score (nSPS) is 36.5. The van der Waals surface area contributed by atoms with Crippen molar-refractivity contribution in [2.75, 3.05) is 12.4 Å². The fourth-order valence-corrected chi connectivity index (χ4v) is 5.08. The number of rotatable bonds is 4. The van der Waals surface area contributed by atoms with Crippen molar-refractivity contribution < 1.29 is 15.7 Å². The van der Waals surface area contributed by atoms with Gasteiger partial charge in [-0.2, -0.15) is 0 Å². The quantitative estimate of drug-likeness (QED) is 0.915. The van der Waals surface area contributed by atoms with E-state index < -0.39 is 0 Å². The lowest BCUT2D eigenvalue weighted by molar-refractivity contribution is -0.122. The molecule has 3 fully saturated rings. The summed E-state index contributed by atoms with van der Waals surface area (Å²) in [5.74, 6) is 2.17. The Bertz CT molecular complexity index is 832. The van der Waals surface area contributed by atoms with E-state index in [2.05, 4.69) is 22.2 Å². The summed E-state index contributed by atoms with van der Waals surface area (Å²) in [4.78, 5) is 21.4. The molecule has 1 saturated carbocycles. The number of amides is 1. The Morgan fingerprint density at radius 2 is 1.96 bits per heavy atom. The van der Waals surface area contributed by atoms with Gasteiger partial charge in [0.15, 0.2) is 0 Å². The number of pyridine rings is 2. The molecule has 6 nitrogen and oxygen atoms in total. The van der Waals surface area contributed by atoms with Crippen LogP contribution in [0.25, 0.3) is 0 Å². The number of anilines is 1. The fourth-order valence-electron chi connectivity index (χ4n) is 5.08. The zero-order valence-corrected chi connectivity index (χ0v) is 14.7. The molecule has 0 radical (unpaired) electrons. The molecule has 2 aromatic heterocycles. The topological polar surface area (TPSA) is 73.3 Å². The molecule has 1 aliphatic carbocycles. The van der Waals surface area contributed by atoms with Crippen LogP contribution < -0.4 is 10.1 Å². The molecule has 3 aliphatic rings. The minimum absolute atomic E-state index is 0. The van der Waals surface area contributed by atoms with Crippen LogP contribution in [0.1, 0.15) is 19.8 Å². The fraction of sp³-hybridized carbons (Fsp3) is 0.450. The number of carbonyl (C=O) groups is 1. The van der Waals surface area contributed by atoms with E-state index in [0.717, 1.165) is 5.56 Å². The molecule has 7 atom stereocenters. The van der Waals surface area contributed by atoms with Gasteiger partial charge in [0.05, 0.1) is 37.1 Å². The maximum atomic E-state index is 13.1. The van der Waals surface area contributed by atoms with Crippen LogP contribution in [0, 0.1) is 23.7 Å². The first-order valence-corrected chi connectivity index (χ1v) is 9.05. The zero-order valence-electron chi connectivity index (χ0n) is 14.7. The SMILES string of the molecule is COc1ccc(NC(=O)[C@@H]2[C@@H](c3ccncc3)[C@H]3O[C@@H]2C2C(C)C23)cn1.[HH]. The van der Waals surface area contributed by atoms with Gasteiger partial charge in [-0.15, -0.1) is 0 Å². The van der Waals surface area contributed by atoms with Gasteiger partial charge in [-0.1, -0.05) is 6.92 Å². The highest BCUT2D eigenvalue weighted by Gasteiger charge is 2.72. The van der Waals surface area contributed by atoms with Gasteiger partial charge < -0.3 is 14.8 Å². The highest BCUT2D eigenvalue weighted by Crippen LogP contribution is 2.68. The predicted octanol–water partition coefficient (Wildman–Crippen LogP) is 2.73. The van der Waals surface area contributed by atoms with E-state index in [1.807, 2.05) is 18.2 Å². The third-order valence-corrected chi connectivity index (χ3v) is 6.29. The third kappa shape index (κ3) is 2.25. The van der Waals surface area contributed by atoms with Crippen LogP contribution in [0.5, 0.6) is 5.88 Å². The van der Waals surface area contributed by atoms with Crippen molar-refractivity contribution in [1.82, 2.24) is 9.97 Å². The molecule has 1 amide bonds. The van der Waals surface area contributed by atoms with Gasteiger partial charge in [0.2, 0.25) is 11.8 Å². The first-order valence-electron chi connectivity index (χ1n) is 9.05. The lowest BCUT2D eigenvalue weighted by Crippen LogP contribution is -2.37. The molecule has 2 aliphatic heterocycles. The second kappa shape index (κ2) is 5.77. The number of ether oxygens (including phenoxy) is 2. The zero-order chi connectivity index (χ0) is 17.8. The van der Waals surface area contributed by atoms with Crippen molar-refractivity contribution in [2.24, 2.45) is 23.7 Å². The summed E-state index contributed by atoms with van der Waals surface area (Å²) in [7, 11) is 1.57. The second-order valence-electron chi connectivity index (χ2n) is 7.49. The first kappa shape index (κ1) is 15.8. The molecule has 2 bridgehead atoms. The molecule has 136 valence electrons. The van der Waals surface area contributed by atoms with E-state index >= 15 is 0 Å². The Balaban J connectivity index is 0.00000180. The summed E-state index contributed by atoms with van der Waals surface area (Å²) in [6.07, 6.45) is 5.33. The lowest BCUT2D eigenvalue weighted by atomic mass is 9.75. The van der Waals surface area contributed by atoms with Gasteiger partial charge in [-0.05, 0) is 41.5 Å². The highest BCUT2D eigenvalue weighted by atomic mass is 16.5. The Hall–Kier alpha value is -2.47. The van der Waals surface area contributed by atoms with E-state index in [-0.39, 0.29) is 31.4 Å². The molecular formula is C20H23N3O3. The molecule has 2 saturated heterocycles. The average Bonchev–Trinajstić information content (AvgIpc) is 3.04. The molecule has 2 aromatic rings. The Morgan fingerprint density at radius 1 is 1.19 bits per heavy atom. The first-order chi connectivity index (χ1) is 12.7. The van der Waals surface area contributed by atoms with Gasteiger partial charge in [0.1, 0.15) is 0 Å². The molecule has 3 unspecified atom stereocenters. The standard InChI is InChI=1S/C20H21N3O3.H2/c1-10-14-15(10)19-17(16(18(14)26-19)11-5-7-21-8-6-11)20(24)23-12-3-4-13(25-2)22-9-12;/h3-10,14-19H,1-2H3,(H,23,24);1H/t10?,14?,15?,16-,17-,18+,19-;/m1./s1. The van der Waals surface area contributed by atoms with Crippen molar-refractivity contribution in [1.29, 1.82) is 0 Å². The number of methoxy groups -OCH3 is 1. The van der Waals surface area contributed by atoms with Gasteiger partial charge >= 0.3 is 0 Å². The molecule has 1 N–H and O–H groups in total. The number of hydrogen-bond donors (Lipinski definition) is 1. The number of nitrogens with one attached hydrogen (secondary N) is 1. The van der Waals surface area contributed by atoms with Crippen molar-refractivity contribution >= 4 is 11.6 Å². The third-order valence-electron chi connectivity index (χ3n) is 6.29. The number of fused-ring (bicyclic) bond motifs is 5. The Morgan fingerprint density at radius 3 is 2.65 bits per heavy atom. The predicted molar refractivity (Wildman–Crippen MR) is 96.8 cm³/mol. The van der Waals surface area contributed by atoms with Gasteiger partial charge in [-0.3, -0.25) is 9.78 Å². The molecule has 26 heavy (non-hydrogen) atoms. The van der Waals surface area contributed by atoms with E-state index in [1.54, 1.807) is 31.8 Å². The summed E-state index contributed by atoms with van der Waals surface area (Å²) in [5, 5.41) is 3.02. The maximum Gasteiger partial charge on any atom is 0.230 e. The molecule has 0 spiro atoms. The van der Waals surface area contributed by atoms with Crippen molar-refractivity contribution in [2.45, 2.75) is 25.0 Å². The summed E-state index contributed by atoms with van der Waals surface area (Å²) >= 11 is 0.